The van der Waals surface area contributed by atoms with Crippen molar-refractivity contribution in [3.8, 4) is 0 Å². The molecule has 0 spiro atoms. The van der Waals surface area contributed by atoms with Crippen molar-refractivity contribution in [3.05, 3.63) is 42.0 Å². The number of rotatable bonds is 3. The highest BCUT2D eigenvalue weighted by atomic mass is 16.2. The van der Waals surface area contributed by atoms with E-state index >= 15 is 0 Å². The van der Waals surface area contributed by atoms with Gasteiger partial charge in [-0.25, -0.2) is 0 Å². The maximum Gasteiger partial charge on any atom is 0.237 e. The Morgan fingerprint density at radius 1 is 1.24 bits per heavy atom. The first-order valence-corrected chi connectivity index (χ1v) is 7.67. The molecule has 1 aromatic carbocycles. The van der Waals surface area contributed by atoms with E-state index in [0.29, 0.717) is 0 Å². The monoisotopic (exact) mass is 286 g/mol. The van der Waals surface area contributed by atoms with Crippen molar-refractivity contribution in [1.29, 1.82) is 0 Å². The van der Waals surface area contributed by atoms with E-state index in [9.17, 15) is 4.79 Å². The molecule has 0 aliphatic carbocycles. The summed E-state index contributed by atoms with van der Waals surface area (Å²) in [4.78, 5) is 14.5. The van der Waals surface area contributed by atoms with E-state index in [1.165, 1.54) is 11.1 Å². The third kappa shape index (κ3) is 4.43. The molecule has 114 valence electrons. The summed E-state index contributed by atoms with van der Waals surface area (Å²) in [5, 5.41) is 3.06. The zero-order valence-electron chi connectivity index (χ0n) is 13.5. The number of nitrogens with one attached hydrogen (secondary N) is 1. The molecule has 2 rings (SSSR count). The molecule has 0 unspecified atom stereocenters. The molecule has 3 heteroatoms. The largest absolute Gasteiger partial charge is 0.350 e. The number of nitrogens with zero attached hydrogens (tertiary/aromatic N) is 1. The first-order chi connectivity index (χ1) is 9.87. The van der Waals surface area contributed by atoms with Crippen LogP contribution < -0.4 is 5.32 Å². The number of benzene rings is 1. The molecule has 21 heavy (non-hydrogen) atoms. The lowest BCUT2D eigenvalue weighted by Gasteiger charge is -2.33. The first kappa shape index (κ1) is 15.8. The first-order valence-electron chi connectivity index (χ1n) is 7.67. The topological polar surface area (TPSA) is 32.3 Å². The predicted molar refractivity (Wildman–Crippen MR) is 88.0 cm³/mol. The number of hydrogen-bond donors (Lipinski definition) is 1. The van der Waals surface area contributed by atoms with Gasteiger partial charge in [0.05, 0.1) is 6.04 Å². The van der Waals surface area contributed by atoms with Gasteiger partial charge in [-0.2, -0.15) is 0 Å². The standard InChI is InChI=1S/C18H26N2O/c1-14(17(21)19-18(2,3)4)20-12-10-16(11-13-20)15-8-6-5-7-9-15/h5-10,14H,11-13H2,1-4H3,(H,19,21)/t14-/m0/s1. The van der Waals surface area contributed by atoms with Gasteiger partial charge in [-0.3, -0.25) is 9.69 Å². The molecule has 0 aromatic heterocycles. The minimum Gasteiger partial charge on any atom is -0.350 e. The molecule has 1 aliphatic heterocycles. The van der Waals surface area contributed by atoms with Crippen molar-refractivity contribution >= 4 is 11.5 Å². The number of carbonyl (C=O) groups is 1. The van der Waals surface area contributed by atoms with E-state index in [-0.39, 0.29) is 17.5 Å². The zero-order chi connectivity index (χ0) is 15.5. The molecule has 1 N–H and O–H groups in total. The Kier molecular flexibility index (Phi) is 4.84. The van der Waals surface area contributed by atoms with Gasteiger partial charge in [0, 0.05) is 18.6 Å². The molecule has 0 radical (unpaired) electrons. The Morgan fingerprint density at radius 3 is 2.43 bits per heavy atom. The Bertz CT molecular complexity index is 514. The zero-order valence-corrected chi connectivity index (χ0v) is 13.5. The summed E-state index contributed by atoms with van der Waals surface area (Å²) in [6.07, 6.45) is 3.25. The van der Waals surface area contributed by atoms with E-state index in [1.54, 1.807) is 0 Å². The van der Waals surface area contributed by atoms with Crippen molar-refractivity contribution in [3.63, 3.8) is 0 Å². The van der Waals surface area contributed by atoms with E-state index < -0.39 is 0 Å². The van der Waals surface area contributed by atoms with Gasteiger partial charge in [0.2, 0.25) is 5.91 Å². The third-order valence-corrected chi connectivity index (χ3v) is 3.81. The van der Waals surface area contributed by atoms with Crippen molar-refractivity contribution in [1.82, 2.24) is 10.2 Å². The minimum absolute atomic E-state index is 0.0854. The van der Waals surface area contributed by atoms with E-state index in [2.05, 4.69) is 40.6 Å². The molecule has 0 saturated heterocycles. The van der Waals surface area contributed by atoms with Gasteiger partial charge in [-0.05, 0) is 45.3 Å². The van der Waals surface area contributed by atoms with E-state index in [4.69, 9.17) is 0 Å². The van der Waals surface area contributed by atoms with Crippen LogP contribution in [0.15, 0.2) is 36.4 Å². The molecule has 1 aliphatic rings. The van der Waals surface area contributed by atoms with Crippen LogP contribution in [0.4, 0.5) is 0 Å². The lowest BCUT2D eigenvalue weighted by molar-refractivity contribution is -0.127. The predicted octanol–water partition coefficient (Wildman–Crippen LogP) is 3.08. The van der Waals surface area contributed by atoms with E-state index in [1.807, 2.05) is 33.8 Å². The fraction of sp³-hybridized carbons (Fsp3) is 0.500. The SMILES string of the molecule is C[C@@H](C(=O)NC(C)(C)C)N1CC=C(c2ccccc2)CC1. The summed E-state index contributed by atoms with van der Waals surface area (Å²) >= 11 is 0. The number of hydrogen-bond acceptors (Lipinski definition) is 2. The highest BCUT2D eigenvalue weighted by Gasteiger charge is 2.25. The highest BCUT2D eigenvalue weighted by molar-refractivity contribution is 5.82. The normalized spacial score (nSPS) is 18.0. The van der Waals surface area contributed by atoms with Gasteiger partial charge in [0.1, 0.15) is 0 Å². The molecule has 1 aromatic rings. The molecule has 0 bridgehead atoms. The lowest BCUT2D eigenvalue weighted by atomic mass is 9.98. The Morgan fingerprint density at radius 2 is 1.90 bits per heavy atom. The minimum atomic E-state index is -0.174. The van der Waals surface area contributed by atoms with Gasteiger partial charge < -0.3 is 5.32 Å². The molecular weight excluding hydrogens is 260 g/mol. The fourth-order valence-corrected chi connectivity index (χ4v) is 2.59. The van der Waals surface area contributed by atoms with Crippen LogP contribution >= 0.6 is 0 Å². The van der Waals surface area contributed by atoms with Crippen LogP contribution in [0, 0.1) is 0 Å². The third-order valence-electron chi connectivity index (χ3n) is 3.81. The average Bonchev–Trinajstić information content (AvgIpc) is 2.46. The molecule has 0 saturated carbocycles. The Hall–Kier alpha value is -1.61. The van der Waals surface area contributed by atoms with Gasteiger partial charge in [0.25, 0.3) is 0 Å². The maximum absolute atomic E-state index is 12.2. The van der Waals surface area contributed by atoms with Crippen molar-refractivity contribution in [2.24, 2.45) is 0 Å². The smallest absolute Gasteiger partial charge is 0.237 e. The van der Waals surface area contributed by atoms with Crippen LogP contribution in [-0.4, -0.2) is 35.5 Å². The van der Waals surface area contributed by atoms with Gasteiger partial charge in [0.15, 0.2) is 0 Å². The van der Waals surface area contributed by atoms with Crippen LogP contribution in [0.25, 0.3) is 5.57 Å². The van der Waals surface area contributed by atoms with Crippen LogP contribution in [0.1, 0.15) is 39.7 Å². The van der Waals surface area contributed by atoms with Gasteiger partial charge in [-0.1, -0.05) is 36.4 Å². The molecule has 1 atom stereocenters. The van der Waals surface area contributed by atoms with Crippen molar-refractivity contribution in [2.45, 2.75) is 45.7 Å². The summed E-state index contributed by atoms with van der Waals surface area (Å²) in [5.41, 5.74) is 2.51. The molecule has 3 nitrogen and oxygen atoms in total. The van der Waals surface area contributed by atoms with E-state index in [0.717, 1.165) is 19.5 Å². The van der Waals surface area contributed by atoms with Crippen molar-refractivity contribution < 1.29 is 4.79 Å². The quantitative estimate of drug-likeness (QED) is 0.926. The van der Waals surface area contributed by atoms with Crippen molar-refractivity contribution in [2.75, 3.05) is 13.1 Å². The Labute approximate surface area is 128 Å². The second kappa shape index (κ2) is 6.44. The lowest BCUT2D eigenvalue weighted by Crippen LogP contribution is -2.51. The van der Waals surface area contributed by atoms with Crippen LogP contribution in [-0.2, 0) is 4.79 Å². The Balaban J connectivity index is 1.97. The van der Waals surface area contributed by atoms with Gasteiger partial charge in [-0.15, -0.1) is 0 Å². The molecule has 0 fully saturated rings. The highest BCUT2D eigenvalue weighted by Crippen LogP contribution is 2.23. The number of amides is 1. The summed E-state index contributed by atoms with van der Waals surface area (Å²) in [6, 6.07) is 10.4. The summed E-state index contributed by atoms with van der Waals surface area (Å²) in [5.74, 6) is 0.110. The summed E-state index contributed by atoms with van der Waals surface area (Å²) < 4.78 is 0. The fourth-order valence-electron chi connectivity index (χ4n) is 2.59. The van der Waals surface area contributed by atoms with Crippen LogP contribution in [0.2, 0.25) is 0 Å². The van der Waals surface area contributed by atoms with Crippen LogP contribution in [0.5, 0.6) is 0 Å². The molecule has 1 heterocycles. The second-order valence-corrected chi connectivity index (χ2v) is 6.76. The number of carbonyl (C=O) groups excluding carboxylic acids is 1. The average molecular weight is 286 g/mol. The second-order valence-electron chi connectivity index (χ2n) is 6.76. The summed E-state index contributed by atoms with van der Waals surface area (Å²) in [7, 11) is 0. The maximum atomic E-state index is 12.2. The summed E-state index contributed by atoms with van der Waals surface area (Å²) in [6.45, 7) is 9.80. The van der Waals surface area contributed by atoms with Gasteiger partial charge >= 0.3 is 0 Å². The molecule has 1 amide bonds. The molecular formula is C18H26N2O. The van der Waals surface area contributed by atoms with Crippen LogP contribution in [0.3, 0.4) is 0 Å².